The van der Waals surface area contributed by atoms with Crippen LogP contribution in [0.15, 0.2) is 0 Å². The van der Waals surface area contributed by atoms with Gasteiger partial charge in [0.25, 0.3) is 0 Å². The molecule has 0 fully saturated rings. The van der Waals surface area contributed by atoms with Gasteiger partial charge in [-0.15, -0.1) is 0 Å². The second-order valence-electron chi connectivity index (χ2n) is 4.84. The fraction of sp³-hybridized carbons (Fsp3) is 0.867. The molecule has 0 aromatic rings. The Morgan fingerprint density at radius 2 is 1.53 bits per heavy atom. The van der Waals surface area contributed by atoms with E-state index in [1.807, 2.05) is 6.07 Å². The molecular formula is C15H29NO2S. The molecule has 0 aliphatic carbocycles. The van der Waals surface area contributed by atoms with E-state index in [1.165, 1.54) is 44.9 Å². The fourth-order valence-electron chi connectivity index (χ4n) is 1.86. The van der Waals surface area contributed by atoms with E-state index in [1.54, 1.807) is 6.92 Å². The number of ether oxygens (including phenoxy) is 1. The summed E-state index contributed by atoms with van der Waals surface area (Å²) in [5, 5.41) is 8.49. The van der Waals surface area contributed by atoms with Crippen molar-refractivity contribution >= 4 is 19.5 Å². The van der Waals surface area contributed by atoms with Gasteiger partial charge >= 0.3 is 5.97 Å². The van der Waals surface area contributed by atoms with Gasteiger partial charge in [0.15, 0.2) is 6.10 Å². The first-order valence-electron chi connectivity index (χ1n) is 7.29. The predicted octanol–water partition coefficient (Wildman–Crippen LogP) is 4.48. The third-order valence-corrected chi connectivity index (χ3v) is 2.97. The molecule has 0 aliphatic heterocycles. The highest BCUT2D eigenvalue weighted by molar-refractivity contribution is 7.59. The van der Waals surface area contributed by atoms with E-state index in [0.29, 0.717) is 6.42 Å². The maximum Gasteiger partial charge on any atom is 0.307 e. The van der Waals surface area contributed by atoms with Crippen LogP contribution in [0.4, 0.5) is 0 Å². The normalized spacial score (nSPS) is 11.2. The molecule has 0 aliphatic rings. The number of esters is 1. The molecule has 4 heteroatoms. The van der Waals surface area contributed by atoms with Crippen molar-refractivity contribution in [2.45, 2.75) is 84.2 Å². The summed E-state index contributed by atoms with van der Waals surface area (Å²) in [5.74, 6) is -0.244. The first-order chi connectivity index (χ1) is 8.70. The van der Waals surface area contributed by atoms with Gasteiger partial charge in [-0.3, -0.25) is 4.79 Å². The van der Waals surface area contributed by atoms with Crippen molar-refractivity contribution in [3.05, 3.63) is 0 Å². The van der Waals surface area contributed by atoms with Gasteiger partial charge in [0.05, 0.1) is 0 Å². The van der Waals surface area contributed by atoms with Crippen LogP contribution in [0.5, 0.6) is 0 Å². The number of nitrogens with zero attached hydrogens (tertiary/aromatic N) is 1. The molecule has 1 unspecified atom stereocenters. The van der Waals surface area contributed by atoms with Crippen molar-refractivity contribution in [3.63, 3.8) is 0 Å². The minimum Gasteiger partial charge on any atom is -0.447 e. The quantitative estimate of drug-likeness (QED) is 0.416. The maximum absolute atomic E-state index is 11.2. The summed E-state index contributed by atoms with van der Waals surface area (Å²) in [6, 6.07) is 1.89. The molecule has 0 N–H and O–H groups in total. The average Bonchev–Trinajstić information content (AvgIpc) is 2.36. The van der Waals surface area contributed by atoms with Crippen molar-refractivity contribution in [1.82, 2.24) is 0 Å². The van der Waals surface area contributed by atoms with E-state index in [9.17, 15) is 4.79 Å². The van der Waals surface area contributed by atoms with E-state index in [4.69, 9.17) is 10.00 Å². The first kappa shape index (κ1) is 20.6. The molecule has 0 amide bonds. The Morgan fingerprint density at radius 1 is 1.05 bits per heavy atom. The highest BCUT2D eigenvalue weighted by atomic mass is 32.1. The first-order valence-corrected chi connectivity index (χ1v) is 7.29. The molecule has 0 saturated carbocycles. The van der Waals surface area contributed by atoms with Crippen LogP contribution in [0, 0.1) is 11.3 Å². The van der Waals surface area contributed by atoms with Crippen LogP contribution >= 0.6 is 13.5 Å². The standard InChI is InChI=1S/C15H27NO2.H2S/c1-3-4-5-6-7-8-9-10-11-12-15(17)18-14(2)13-16;/h14H,3-12H2,1-2H3;1H2. The van der Waals surface area contributed by atoms with E-state index >= 15 is 0 Å². The van der Waals surface area contributed by atoms with Crippen LogP contribution in [0.2, 0.25) is 0 Å². The molecule has 112 valence electrons. The minimum atomic E-state index is -0.615. The molecule has 0 aromatic heterocycles. The lowest BCUT2D eigenvalue weighted by molar-refractivity contribution is -0.146. The van der Waals surface area contributed by atoms with Crippen molar-refractivity contribution in [3.8, 4) is 6.07 Å². The Labute approximate surface area is 125 Å². The SMILES string of the molecule is CCCCCCCCCCCC(=O)OC(C)C#N.S. The molecule has 0 heterocycles. The highest BCUT2D eigenvalue weighted by Crippen LogP contribution is 2.10. The number of carbonyl (C=O) groups is 1. The number of nitriles is 1. The third kappa shape index (κ3) is 15.3. The summed E-state index contributed by atoms with van der Waals surface area (Å²) in [5.41, 5.74) is 0. The number of hydrogen-bond acceptors (Lipinski definition) is 3. The van der Waals surface area contributed by atoms with Crippen LogP contribution in [0.3, 0.4) is 0 Å². The van der Waals surface area contributed by atoms with Crippen LogP contribution in [0.25, 0.3) is 0 Å². The number of hydrogen-bond donors (Lipinski definition) is 0. The summed E-state index contributed by atoms with van der Waals surface area (Å²) in [7, 11) is 0. The Balaban J connectivity index is 0. The Bertz CT molecular complexity index is 251. The van der Waals surface area contributed by atoms with Gasteiger partial charge in [0, 0.05) is 6.42 Å². The number of carbonyl (C=O) groups excluding carboxylic acids is 1. The highest BCUT2D eigenvalue weighted by Gasteiger charge is 2.07. The van der Waals surface area contributed by atoms with E-state index in [-0.39, 0.29) is 19.5 Å². The average molecular weight is 287 g/mol. The van der Waals surface area contributed by atoms with Crippen molar-refractivity contribution < 1.29 is 9.53 Å². The lowest BCUT2D eigenvalue weighted by Crippen LogP contribution is -2.12. The van der Waals surface area contributed by atoms with Crippen LogP contribution in [-0.2, 0) is 9.53 Å². The Kier molecular flexibility index (Phi) is 16.7. The van der Waals surface area contributed by atoms with Crippen molar-refractivity contribution in [2.75, 3.05) is 0 Å². The Morgan fingerprint density at radius 3 is 2.00 bits per heavy atom. The topological polar surface area (TPSA) is 50.1 Å². The van der Waals surface area contributed by atoms with E-state index in [0.717, 1.165) is 12.8 Å². The zero-order valence-corrected chi connectivity index (χ0v) is 13.4. The zero-order chi connectivity index (χ0) is 13.6. The van der Waals surface area contributed by atoms with Gasteiger partial charge in [-0.1, -0.05) is 58.3 Å². The second-order valence-corrected chi connectivity index (χ2v) is 4.84. The van der Waals surface area contributed by atoms with Gasteiger partial charge in [-0.25, -0.2) is 0 Å². The molecule has 0 spiro atoms. The molecule has 0 saturated heterocycles. The molecular weight excluding hydrogens is 258 g/mol. The fourth-order valence-corrected chi connectivity index (χ4v) is 1.86. The summed E-state index contributed by atoms with van der Waals surface area (Å²) in [6.07, 6.45) is 10.9. The van der Waals surface area contributed by atoms with Crippen LogP contribution in [-0.4, -0.2) is 12.1 Å². The third-order valence-electron chi connectivity index (χ3n) is 2.97. The van der Waals surface area contributed by atoms with E-state index < -0.39 is 6.10 Å². The Hall–Kier alpha value is -0.690. The van der Waals surface area contributed by atoms with Gasteiger partial charge in [0.2, 0.25) is 0 Å². The molecule has 1 atom stereocenters. The summed E-state index contributed by atoms with van der Waals surface area (Å²) >= 11 is 0. The number of unbranched alkanes of at least 4 members (excludes halogenated alkanes) is 8. The molecule has 0 bridgehead atoms. The number of rotatable bonds is 11. The molecule has 19 heavy (non-hydrogen) atoms. The van der Waals surface area contributed by atoms with Crippen LogP contribution < -0.4 is 0 Å². The van der Waals surface area contributed by atoms with E-state index in [2.05, 4.69) is 6.92 Å². The molecule has 0 rings (SSSR count). The lowest BCUT2D eigenvalue weighted by atomic mass is 10.1. The van der Waals surface area contributed by atoms with Gasteiger partial charge in [-0.05, 0) is 13.3 Å². The largest absolute Gasteiger partial charge is 0.447 e. The molecule has 0 radical (unpaired) electrons. The molecule has 3 nitrogen and oxygen atoms in total. The predicted molar refractivity (Wildman–Crippen MR) is 83.4 cm³/mol. The summed E-state index contributed by atoms with van der Waals surface area (Å²) < 4.78 is 4.87. The van der Waals surface area contributed by atoms with Gasteiger partial charge < -0.3 is 4.74 Å². The monoisotopic (exact) mass is 287 g/mol. The second kappa shape index (κ2) is 15.4. The van der Waals surface area contributed by atoms with Crippen molar-refractivity contribution in [2.24, 2.45) is 0 Å². The zero-order valence-electron chi connectivity index (χ0n) is 12.4. The maximum atomic E-state index is 11.2. The van der Waals surface area contributed by atoms with Gasteiger partial charge in [0.1, 0.15) is 6.07 Å². The lowest BCUT2D eigenvalue weighted by Gasteiger charge is -2.05. The summed E-state index contributed by atoms with van der Waals surface area (Å²) in [6.45, 7) is 3.82. The van der Waals surface area contributed by atoms with Crippen molar-refractivity contribution in [1.29, 1.82) is 5.26 Å². The minimum absolute atomic E-state index is 0. The summed E-state index contributed by atoms with van der Waals surface area (Å²) in [4.78, 5) is 11.2. The van der Waals surface area contributed by atoms with Crippen LogP contribution in [0.1, 0.15) is 78.1 Å². The molecule has 0 aromatic carbocycles. The van der Waals surface area contributed by atoms with Gasteiger partial charge in [-0.2, -0.15) is 18.8 Å². The smallest absolute Gasteiger partial charge is 0.307 e.